The maximum absolute atomic E-state index is 14.2. The van der Waals surface area contributed by atoms with Crippen LogP contribution < -0.4 is 10.2 Å². The molecule has 2 heterocycles. The minimum absolute atomic E-state index is 0.0405. The Hall–Kier alpha value is -4.05. The lowest BCUT2D eigenvalue weighted by molar-refractivity contribution is -0.118. The Morgan fingerprint density at radius 3 is 2.61 bits per heavy atom. The van der Waals surface area contributed by atoms with Gasteiger partial charge in [0, 0.05) is 67.5 Å². The Kier molecular flexibility index (Phi) is 10.4. The summed E-state index contributed by atoms with van der Waals surface area (Å²) >= 11 is 0. The van der Waals surface area contributed by atoms with Crippen molar-refractivity contribution in [2.24, 2.45) is 10.3 Å². The Morgan fingerprint density at radius 2 is 1.93 bits per heavy atom. The predicted molar refractivity (Wildman–Crippen MR) is 173 cm³/mol. The molecule has 1 aliphatic carbocycles. The summed E-state index contributed by atoms with van der Waals surface area (Å²) in [5.74, 6) is 2.83. The molecule has 0 spiro atoms. The first-order valence-electron chi connectivity index (χ1n) is 15.2. The Morgan fingerprint density at radius 1 is 1.22 bits per heavy atom. The molecule has 1 aromatic carbocycles. The highest BCUT2D eigenvalue weighted by molar-refractivity contribution is 7.93. The third kappa shape index (κ3) is 9.48. The second kappa shape index (κ2) is 13.7. The molecular formula is C33H41F2N5O5S. The van der Waals surface area contributed by atoms with Crippen molar-refractivity contribution in [2.75, 3.05) is 43.2 Å². The maximum Gasteiger partial charge on any atom is 0.410 e. The molecule has 0 bridgehead atoms. The van der Waals surface area contributed by atoms with Crippen molar-refractivity contribution in [3.63, 3.8) is 0 Å². The molecule has 1 atom stereocenters. The van der Waals surface area contributed by atoms with Crippen molar-refractivity contribution < 1.29 is 32.1 Å². The second-order valence-corrected chi connectivity index (χ2v) is 15.1. The first-order chi connectivity index (χ1) is 21.4. The van der Waals surface area contributed by atoms with E-state index in [9.17, 15) is 27.4 Å². The summed E-state index contributed by atoms with van der Waals surface area (Å²) in [5.41, 5.74) is 0.919. The zero-order valence-electron chi connectivity index (χ0n) is 27.1. The van der Waals surface area contributed by atoms with E-state index in [2.05, 4.69) is 26.5 Å². The molecule has 1 aromatic heterocycles. The molecule has 3 amide bonds. The smallest absolute Gasteiger partial charge is 0.410 e. The molecule has 2 aromatic rings. The lowest BCUT2D eigenvalue weighted by Crippen LogP contribution is -2.37. The highest BCUT2D eigenvalue weighted by Gasteiger charge is 2.34. The number of hydrogen-bond acceptors (Lipinski definition) is 7. The molecular weight excluding hydrogens is 616 g/mol. The van der Waals surface area contributed by atoms with Gasteiger partial charge in [0.15, 0.2) is 0 Å². The summed E-state index contributed by atoms with van der Waals surface area (Å²) < 4.78 is 51.0. The molecule has 1 N–H and O–H groups in total. The number of alkyl halides is 2. The number of amides is 3. The van der Waals surface area contributed by atoms with Crippen LogP contribution in [0.15, 0.2) is 39.7 Å². The summed E-state index contributed by atoms with van der Waals surface area (Å²) in [6.07, 6.45) is 3.90. The van der Waals surface area contributed by atoms with Crippen LogP contribution in [0.25, 0.3) is 0 Å². The molecule has 248 valence electrons. The number of rotatable bonds is 6. The van der Waals surface area contributed by atoms with Gasteiger partial charge in [-0.2, -0.15) is 4.36 Å². The van der Waals surface area contributed by atoms with Gasteiger partial charge in [0.1, 0.15) is 18.0 Å². The van der Waals surface area contributed by atoms with Crippen molar-refractivity contribution in [3.8, 4) is 11.8 Å². The number of nitrogens with one attached hydrogen (secondary N) is 1. The monoisotopic (exact) mass is 657 g/mol. The number of carbonyl (C=O) groups excluding carboxylic acids is 3. The summed E-state index contributed by atoms with van der Waals surface area (Å²) in [5, 5.41) is 2.83. The molecule has 4 rings (SSSR count). The van der Waals surface area contributed by atoms with Crippen molar-refractivity contribution in [1.29, 1.82) is 0 Å². The number of halogens is 2. The van der Waals surface area contributed by atoms with Crippen LogP contribution in [0.2, 0.25) is 0 Å². The average Bonchev–Trinajstić information content (AvgIpc) is 3.78. The van der Waals surface area contributed by atoms with Crippen LogP contribution in [0.1, 0.15) is 74.4 Å². The number of likely N-dealkylation sites (N-methyl/N-ethyl adjacent to an activating group) is 1. The highest BCUT2D eigenvalue weighted by atomic mass is 32.2. The van der Waals surface area contributed by atoms with Crippen molar-refractivity contribution in [3.05, 3.63) is 47.2 Å². The maximum atomic E-state index is 14.2. The third-order valence-electron chi connectivity index (χ3n) is 7.43. The molecule has 10 nitrogen and oxygen atoms in total. The largest absolute Gasteiger partial charge is 0.444 e. The Bertz CT molecular complexity index is 1700. The van der Waals surface area contributed by atoms with E-state index in [0.29, 0.717) is 29.4 Å². The van der Waals surface area contributed by atoms with Gasteiger partial charge >= 0.3 is 6.09 Å². The minimum atomic E-state index is -3.27. The van der Waals surface area contributed by atoms with E-state index in [1.807, 2.05) is 0 Å². The molecule has 0 unspecified atom stereocenters. The molecule has 1 saturated carbocycles. The van der Waals surface area contributed by atoms with Gasteiger partial charge in [0.25, 0.3) is 11.8 Å². The zero-order chi connectivity index (χ0) is 33.9. The van der Waals surface area contributed by atoms with Crippen LogP contribution in [0.4, 0.5) is 25.1 Å². The predicted octanol–water partition coefficient (Wildman–Crippen LogP) is 5.88. The number of anilines is 2. The van der Waals surface area contributed by atoms with Crippen molar-refractivity contribution in [1.82, 2.24) is 9.88 Å². The molecule has 0 radical (unpaired) electrons. The summed E-state index contributed by atoms with van der Waals surface area (Å²) in [6, 6.07) is 6.15. The van der Waals surface area contributed by atoms with E-state index >= 15 is 0 Å². The van der Waals surface area contributed by atoms with E-state index in [0.717, 1.165) is 17.7 Å². The number of pyridine rings is 1. The Balaban J connectivity index is 1.59. The van der Waals surface area contributed by atoms with E-state index in [1.165, 1.54) is 25.4 Å². The molecule has 2 fully saturated rings. The van der Waals surface area contributed by atoms with Gasteiger partial charge in [-0.15, -0.1) is 0 Å². The number of nitrogens with zero attached hydrogens (tertiary/aromatic N) is 4. The summed E-state index contributed by atoms with van der Waals surface area (Å²) in [6.45, 7) is 6.78. The number of hydrogen-bond donors (Lipinski definition) is 1. The SMILES string of the molecule is Cc1c(C#CC2CC2)cnc(N2CCCC(F)(F)CC2)c1C(=O)Nc1cccc([S@@](C)(=O)=NC(=O)CN(C)C(=O)OC(C)(C)C)c1. The van der Waals surface area contributed by atoms with Crippen molar-refractivity contribution >= 4 is 39.1 Å². The lowest BCUT2D eigenvalue weighted by Gasteiger charge is -2.25. The van der Waals surface area contributed by atoms with Crippen molar-refractivity contribution in [2.45, 2.75) is 76.2 Å². The number of ether oxygens (including phenoxy) is 1. The second-order valence-electron chi connectivity index (χ2n) is 12.8. The lowest BCUT2D eigenvalue weighted by atomic mass is 10.0. The van der Waals surface area contributed by atoms with Crippen LogP contribution in [-0.4, -0.2) is 76.5 Å². The fourth-order valence-electron chi connectivity index (χ4n) is 4.80. The van der Waals surface area contributed by atoms with Crippen LogP contribution in [0, 0.1) is 24.7 Å². The molecule has 46 heavy (non-hydrogen) atoms. The topological polar surface area (TPSA) is 121 Å². The quantitative estimate of drug-likeness (QED) is 0.385. The van der Waals surface area contributed by atoms with Gasteiger partial charge in [0.2, 0.25) is 5.92 Å². The fraction of sp³-hybridized carbons (Fsp3) is 0.515. The number of carbonyl (C=O) groups is 3. The van der Waals surface area contributed by atoms with Gasteiger partial charge in [-0.25, -0.2) is 22.8 Å². The van der Waals surface area contributed by atoms with Gasteiger partial charge < -0.3 is 19.9 Å². The first kappa shape index (κ1) is 34.8. The molecule has 2 aliphatic rings. The number of aromatic nitrogens is 1. The van der Waals surface area contributed by atoms with E-state index < -0.39 is 45.7 Å². The fourth-order valence-corrected chi connectivity index (χ4v) is 6.02. The summed E-state index contributed by atoms with van der Waals surface area (Å²) in [4.78, 5) is 46.2. The zero-order valence-corrected chi connectivity index (χ0v) is 27.9. The molecule has 1 saturated heterocycles. The first-order valence-corrected chi connectivity index (χ1v) is 17.1. The van der Waals surface area contributed by atoms with Crippen LogP contribution in [0.3, 0.4) is 0 Å². The summed E-state index contributed by atoms with van der Waals surface area (Å²) in [7, 11) is -1.89. The highest BCUT2D eigenvalue weighted by Crippen LogP contribution is 2.33. The molecule has 1 aliphatic heterocycles. The third-order valence-corrected chi connectivity index (χ3v) is 9.12. The van der Waals surface area contributed by atoms with Gasteiger partial charge in [-0.1, -0.05) is 17.9 Å². The van der Waals surface area contributed by atoms with Gasteiger partial charge in [0.05, 0.1) is 15.3 Å². The molecule has 13 heteroatoms. The van der Waals surface area contributed by atoms with E-state index in [4.69, 9.17) is 4.74 Å². The van der Waals surface area contributed by atoms with Gasteiger partial charge in [-0.05, 0) is 70.7 Å². The van der Waals surface area contributed by atoms with E-state index in [1.54, 1.807) is 50.9 Å². The Labute approximate surface area is 269 Å². The average molecular weight is 658 g/mol. The minimum Gasteiger partial charge on any atom is -0.444 e. The van der Waals surface area contributed by atoms with Crippen LogP contribution >= 0.6 is 0 Å². The van der Waals surface area contributed by atoms with E-state index in [-0.39, 0.29) is 42.0 Å². The van der Waals surface area contributed by atoms with Crippen LogP contribution in [-0.2, 0) is 19.3 Å². The van der Waals surface area contributed by atoms with Gasteiger partial charge in [-0.3, -0.25) is 9.59 Å². The number of benzene rings is 1. The van der Waals surface area contributed by atoms with Crippen LogP contribution in [0.5, 0.6) is 0 Å². The standard InChI is InChI=1S/C33H41F2N5O5S/c1-22-24(14-13-23-11-12-23)20-36-29(40-17-8-15-33(34,35)16-18-40)28(22)30(42)37-25-9-7-10-26(19-25)46(6,44)38-27(41)21-39(5)31(43)45-32(2,3)4/h7,9-10,19-20,23H,8,11-12,15-18,21H2,1-6H3,(H,37,42)/t46-/m1/s1. The normalized spacial score (nSPS) is 17.4.